The number of nitrogens with one attached hydrogen (secondary N) is 4. The van der Waals surface area contributed by atoms with Crippen molar-refractivity contribution in [3.63, 3.8) is 0 Å². The molecule has 0 aromatic carbocycles. The summed E-state index contributed by atoms with van der Waals surface area (Å²) in [5, 5.41) is 236. The Balaban J connectivity index is 0.994. The molecule has 734 valence electrons. The maximum absolute atomic E-state index is 13.6. The van der Waals surface area contributed by atoms with Gasteiger partial charge in [-0.3, -0.25) is 19.2 Å². The van der Waals surface area contributed by atoms with Crippen LogP contribution in [0.15, 0.2) is 12.2 Å². The third-order valence-electron chi connectivity index (χ3n) is 24.2. The molecule has 14 unspecified atom stereocenters. The molecule has 7 saturated heterocycles. The van der Waals surface area contributed by atoms with Crippen molar-refractivity contribution in [3.8, 4) is 0 Å². The first kappa shape index (κ1) is 109. The molecule has 7 rings (SSSR count). The number of hydrogen-bond acceptors (Lipinski definition) is 38. The van der Waals surface area contributed by atoms with Crippen LogP contribution in [0.2, 0.25) is 0 Å². The molecule has 7 fully saturated rings. The molecule has 0 aromatic heterocycles. The number of allylic oxidation sites excluding steroid dienone is 1. The van der Waals surface area contributed by atoms with Gasteiger partial charge in [-0.05, 0) is 19.3 Å². The summed E-state index contributed by atoms with van der Waals surface area (Å²) in [6, 6.07) is -6.46. The molecule has 0 aromatic rings. The van der Waals surface area contributed by atoms with Gasteiger partial charge < -0.3 is 190 Å². The molecule has 7 aliphatic heterocycles. The normalized spacial score (nSPS) is 38.0. The number of rotatable bonds is 56. The lowest BCUT2D eigenvalue weighted by molar-refractivity contribution is -0.388. The fourth-order valence-electron chi connectivity index (χ4n) is 17.0. The smallest absolute Gasteiger partial charge is 0.220 e. The molecular weight excluding hydrogens is 1670 g/mol. The standard InChI is InChI=1S/C84H150N4O38/c1-6-8-10-12-14-16-18-20-21-23-25-27-29-31-33-35-56(100)88-47(48(99)34-32-30-28-26-24-22-19-17-15-13-11-9-7-2)43-113-81-68(109)67(108)74(55(42-95)120-81)123-84-71(112)77(63(104)52(39-92)117-84)126-80-59(87-46(5)98)66(107)73(54(41-94)119-80)122-83-70(111)76(62(103)51(38-91)116-83)125-79-58(86-45(4)97)65(106)72(53(40-93)118-79)121-82-69(110)75(61(102)50(37-90)115-82)124-78-57(85-44(3)96)64(105)60(101)49(36-89)114-78/h32,34,47-55,57-84,89-95,99,101-112H,6-31,33,35-43H2,1-5H3,(H,85,96)(H,86,97)(H,87,98)(H,88,100)/b34-32+/t47-,48+,49?,50?,51?,52?,53?,54?,55?,57?,58?,59?,60+,61-,62-,63-,64+,65+,66+,67+,68?,69?,70?,71?,72+,73+,74+,75-,76-,77-,78-,79-,80-,81+,82-,83-,84-/m0/s1. The van der Waals surface area contributed by atoms with E-state index in [-0.39, 0.29) is 12.3 Å². The Bertz CT molecular complexity index is 3060. The first-order valence-electron chi connectivity index (χ1n) is 45.5. The topological polar surface area (TPSA) is 650 Å². The molecule has 7 heterocycles. The van der Waals surface area contributed by atoms with Crippen LogP contribution in [-0.2, 0) is 85.5 Å². The number of carbonyl (C=O) groups is 4. The number of carbonyl (C=O) groups excluding carboxylic acids is 4. The zero-order valence-electron chi connectivity index (χ0n) is 73.3. The van der Waals surface area contributed by atoms with E-state index in [9.17, 15) is 121 Å². The molecule has 126 heavy (non-hydrogen) atoms. The molecular formula is C84H150N4O38. The van der Waals surface area contributed by atoms with E-state index in [1.807, 2.05) is 6.08 Å². The third kappa shape index (κ3) is 32.0. The summed E-state index contributed by atoms with van der Waals surface area (Å²) in [6.45, 7) is -0.235. The minimum Gasteiger partial charge on any atom is -0.394 e. The van der Waals surface area contributed by atoms with Crippen LogP contribution < -0.4 is 21.3 Å². The van der Waals surface area contributed by atoms with Gasteiger partial charge in [0.15, 0.2) is 44.0 Å². The minimum absolute atomic E-state index is 0.162. The first-order valence-corrected chi connectivity index (χ1v) is 45.5. The first-order chi connectivity index (χ1) is 60.4. The second-order valence-corrected chi connectivity index (χ2v) is 34.2. The largest absolute Gasteiger partial charge is 0.394 e. The quantitative estimate of drug-likeness (QED) is 0.0202. The Morgan fingerprint density at radius 3 is 0.921 bits per heavy atom. The van der Waals surface area contributed by atoms with Crippen molar-refractivity contribution in [1.29, 1.82) is 0 Å². The van der Waals surface area contributed by atoms with E-state index in [1.165, 1.54) is 109 Å². The van der Waals surface area contributed by atoms with Crippen LogP contribution in [0.1, 0.15) is 214 Å². The molecule has 24 N–H and O–H groups in total. The van der Waals surface area contributed by atoms with Crippen molar-refractivity contribution in [2.45, 2.75) is 441 Å². The Hall–Kier alpha value is -3.74. The van der Waals surface area contributed by atoms with E-state index < -0.39 is 297 Å². The summed E-state index contributed by atoms with van der Waals surface area (Å²) in [5.74, 6) is -2.92. The Morgan fingerprint density at radius 1 is 0.310 bits per heavy atom. The van der Waals surface area contributed by atoms with E-state index in [0.29, 0.717) is 12.8 Å². The Morgan fingerprint density at radius 2 is 0.587 bits per heavy atom. The number of aliphatic hydroxyl groups excluding tert-OH is 20. The maximum atomic E-state index is 13.6. The fourth-order valence-corrected chi connectivity index (χ4v) is 17.0. The van der Waals surface area contributed by atoms with Gasteiger partial charge in [-0.2, -0.15) is 0 Å². The third-order valence-corrected chi connectivity index (χ3v) is 24.2. The SMILES string of the molecule is CCCCCCCCCCCCC/C=C/[C@@H](O)[C@H](CO[C@@H]1OC(CO)[C@@H](O[C@@H]2OC(CO)[C@H](O)[C@H](O[C@@H]3OC(CO)[C@@H](O[C@@H]4OC(CO)[C@H](O)[C@H](O[C@@H]5OC(CO)[C@@H](O[C@@H]6OC(CO)[C@H](O)[C@H](O[C@@H]7OC(CO)[C@@H](O)[C@H](O)C7NC(C)=O)C6O)[C@H](O)C5NC(C)=O)C4O)[C@H](O)C3NC(C)=O)C2O)[C@H](O)C1O)NC(=O)CCCCCCCCCCCCCCCCC. The van der Waals surface area contributed by atoms with Crippen LogP contribution in [0.5, 0.6) is 0 Å². The molecule has 37 atom stereocenters. The van der Waals surface area contributed by atoms with Gasteiger partial charge >= 0.3 is 0 Å². The van der Waals surface area contributed by atoms with Crippen LogP contribution in [0.4, 0.5) is 0 Å². The minimum atomic E-state index is -2.31. The number of ether oxygens (including phenoxy) is 14. The summed E-state index contributed by atoms with van der Waals surface area (Å²) in [4.78, 5) is 51.8. The van der Waals surface area contributed by atoms with E-state index >= 15 is 0 Å². The van der Waals surface area contributed by atoms with Crippen molar-refractivity contribution in [1.82, 2.24) is 21.3 Å². The highest BCUT2D eigenvalue weighted by Crippen LogP contribution is 2.39. The van der Waals surface area contributed by atoms with Crippen molar-refractivity contribution < 1.29 is 188 Å². The van der Waals surface area contributed by atoms with E-state index in [2.05, 4.69) is 35.1 Å². The molecule has 42 nitrogen and oxygen atoms in total. The van der Waals surface area contributed by atoms with Gasteiger partial charge in [-0.15, -0.1) is 0 Å². The summed E-state index contributed by atoms with van der Waals surface area (Å²) >= 11 is 0. The summed E-state index contributed by atoms with van der Waals surface area (Å²) in [5.41, 5.74) is 0. The summed E-state index contributed by atoms with van der Waals surface area (Å²) in [6.07, 6.45) is -30.0. The average molecular weight is 1820 g/mol. The number of amides is 4. The summed E-state index contributed by atoms with van der Waals surface area (Å²) in [7, 11) is 0. The van der Waals surface area contributed by atoms with Crippen molar-refractivity contribution in [3.05, 3.63) is 12.2 Å². The van der Waals surface area contributed by atoms with Gasteiger partial charge in [-0.25, -0.2) is 0 Å². The molecule has 0 saturated carbocycles. The Kier molecular flexibility index (Phi) is 49.5. The van der Waals surface area contributed by atoms with E-state index in [1.54, 1.807) is 6.08 Å². The zero-order valence-corrected chi connectivity index (χ0v) is 73.3. The predicted octanol–water partition coefficient (Wildman–Crippen LogP) is -4.46. The van der Waals surface area contributed by atoms with Gasteiger partial charge in [0.25, 0.3) is 0 Å². The van der Waals surface area contributed by atoms with Crippen LogP contribution >= 0.6 is 0 Å². The van der Waals surface area contributed by atoms with Gasteiger partial charge in [0.05, 0.1) is 65.0 Å². The number of unbranched alkanes of at least 4 members (excludes halogenated alkanes) is 25. The summed E-state index contributed by atoms with van der Waals surface area (Å²) < 4.78 is 83.2. The second kappa shape index (κ2) is 57.1. The molecule has 0 bridgehead atoms. The monoisotopic (exact) mass is 1820 g/mol. The molecule has 4 amide bonds. The number of aliphatic hydroxyl groups is 20. The van der Waals surface area contributed by atoms with Crippen LogP contribution in [0, 0.1) is 0 Å². The van der Waals surface area contributed by atoms with Crippen LogP contribution in [-0.4, -0.2) is 406 Å². The van der Waals surface area contributed by atoms with Gasteiger partial charge in [0.1, 0.15) is 171 Å². The molecule has 42 heteroatoms. The molecule has 0 aliphatic carbocycles. The van der Waals surface area contributed by atoms with Gasteiger partial charge in [0.2, 0.25) is 23.6 Å². The molecule has 7 aliphatic rings. The molecule has 0 radical (unpaired) electrons. The lowest BCUT2D eigenvalue weighted by atomic mass is 9.93. The number of hydrogen-bond donors (Lipinski definition) is 24. The van der Waals surface area contributed by atoms with Gasteiger partial charge in [-0.1, -0.05) is 180 Å². The van der Waals surface area contributed by atoms with Gasteiger partial charge in [0, 0.05) is 27.2 Å². The van der Waals surface area contributed by atoms with E-state index in [0.717, 1.165) is 72.1 Å². The highest BCUT2D eigenvalue weighted by atomic mass is 16.8. The molecule has 0 spiro atoms. The highest BCUT2D eigenvalue weighted by molar-refractivity contribution is 5.76. The van der Waals surface area contributed by atoms with Crippen molar-refractivity contribution in [2.75, 3.05) is 52.9 Å². The highest BCUT2D eigenvalue weighted by Gasteiger charge is 2.60. The zero-order chi connectivity index (χ0) is 92.3. The van der Waals surface area contributed by atoms with Crippen molar-refractivity contribution in [2.24, 2.45) is 0 Å². The van der Waals surface area contributed by atoms with Crippen LogP contribution in [0.3, 0.4) is 0 Å². The Labute approximate surface area is 736 Å². The lowest BCUT2D eigenvalue weighted by Crippen LogP contribution is -2.71. The fraction of sp³-hybridized carbons (Fsp3) is 0.929. The average Bonchev–Trinajstić information content (AvgIpc) is 0.773. The maximum Gasteiger partial charge on any atom is 0.220 e. The van der Waals surface area contributed by atoms with Crippen LogP contribution in [0.25, 0.3) is 0 Å². The van der Waals surface area contributed by atoms with E-state index in [4.69, 9.17) is 66.3 Å². The predicted molar refractivity (Wildman–Crippen MR) is 438 cm³/mol. The second-order valence-electron chi connectivity index (χ2n) is 34.2. The lowest BCUT2D eigenvalue weighted by Gasteiger charge is -2.51. The van der Waals surface area contributed by atoms with Crippen molar-refractivity contribution >= 4 is 23.6 Å².